The Morgan fingerprint density at radius 1 is 1.17 bits per heavy atom. The summed E-state index contributed by atoms with van der Waals surface area (Å²) in [4.78, 5) is 47.7. The van der Waals surface area contributed by atoms with Gasteiger partial charge in [0.05, 0.1) is 19.5 Å². The summed E-state index contributed by atoms with van der Waals surface area (Å²) in [5, 5.41) is 6.47. The van der Waals surface area contributed by atoms with Crippen molar-refractivity contribution in [3.63, 3.8) is 0 Å². The quantitative estimate of drug-likeness (QED) is 0.306. The first-order valence-corrected chi connectivity index (χ1v) is 11.2. The molecule has 12 heteroatoms. The summed E-state index contributed by atoms with van der Waals surface area (Å²) in [7, 11) is 1.56. The molecule has 0 fully saturated rings. The summed E-state index contributed by atoms with van der Waals surface area (Å²) in [6.07, 6.45) is 2.59. The molecule has 0 unspecified atom stereocenters. The summed E-state index contributed by atoms with van der Waals surface area (Å²) in [6.45, 7) is 2.62. The highest BCUT2D eigenvalue weighted by molar-refractivity contribution is 5.76. The summed E-state index contributed by atoms with van der Waals surface area (Å²) in [6, 6.07) is 9.38. The summed E-state index contributed by atoms with van der Waals surface area (Å²) < 4.78 is 14.2. The van der Waals surface area contributed by atoms with Gasteiger partial charge in [-0.2, -0.15) is 4.98 Å². The topological polar surface area (TPSA) is 139 Å². The largest absolute Gasteiger partial charge is 0.383 e. The Hall–Kier alpha value is -4.06. The van der Waals surface area contributed by atoms with Gasteiger partial charge >= 0.3 is 5.69 Å². The second-order valence-corrected chi connectivity index (χ2v) is 8.04. The van der Waals surface area contributed by atoms with Crippen LogP contribution in [0.1, 0.15) is 23.7 Å². The van der Waals surface area contributed by atoms with E-state index in [-0.39, 0.29) is 17.7 Å². The van der Waals surface area contributed by atoms with Crippen LogP contribution in [0, 0.1) is 6.92 Å². The van der Waals surface area contributed by atoms with E-state index in [4.69, 9.17) is 9.26 Å². The second-order valence-electron chi connectivity index (χ2n) is 8.04. The molecule has 0 bridgehead atoms. The van der Waals surface area contributed by atoms with Crippen LogP contribution in [-0.2, 0) is 35.6 Å². The molecule has 35 heavy (non-hydrogen) atoms. The minimum absolute atomic E-state index is 0.211. The van der Waals surface area contributed by atoms with Gasteiger partial charge in [-0.15, -0.1) is 0 Å². The summed E-state index contributed by atoms with van der Waals surface area (Å²) in [5.74, 6) is 0.598. The van der Waals surface area contributed by atoms with Crippen LogP contribution >= 0.6 is 0 Å². The minimum Gasteiger partial charge on any atom is -0.383 e. The van der Waals surface area contributed by atoms with Crippen LogP contribution in [0.25, 0.3) is 11.2 Å². The number of hydrogen-bond donors (Lipinski definition) is 1. The number of fused-ring (bicyclic) bond motifs is 1. The zero-order valence-corrected chi connectivity index (χ0v) is 19.6. The molecule has 3 aromatic heterocycles. The molecule has 4 aromatic rings. The van der Waals surface area contributed by atoms with E-state index >= 15 is 0 Å². The number of amides is 1. The van der Waals surface area contributed by atoms with Crippen molar-refractivity contribution in [2.45, 2.75) is 39.4 Å². The van der Waals surface area contributed by atoms with Gasteiger partial charge in [0.25, 0.3) is 5.56 Å². The maximum absolute atomic E-state index is 13.3. The van der Waals surface area contributed by atoms with Crippen LogP contribution in [0.15, 0.2) is 50.8 Å². The van der Waals surface area contributed by atoms with Crippen LogP contribution < -0.4 is 16.6 Å². The predicted octanol–water partition coefficient (Wildman–Crippen LogP) is 0.495. The Morgan fingerprint density at radius 2 is 1.97 bits per heavy atom. The number of nitrogens with zero attached hydrogens (tertiary/aromatic N) is 6. The number of rotatable bonds is 11. The van der Waals surface area contributed by atoms with E-state index in [2.05, 4.69) is 20.4 Å². The SMILES string of the molecule is COCCn1cnc2c1c(=O)n(CC(=O)NCCCc1nc(C)no1)c(=O)n2Cc1ccccc1. The minimum atomic E-state index is -0.597. The number of ether oxygens (including phenoxy) is 1. The average Bonchev–Trinajstić information content (AvgIpc) is 3.47. The van der Waals surface area contributed by atoms with Gasteiger partial charge in [-0.3, -0.25) is 14.2 Å². The molecular weight excluding hydrogens is 454 g/mol. The van der Waals surface area contributed by atoms with Gasteiger partial charge in [0.2, 0.25) is 11.8 Å². The normalized spacial score (nSPS) is 11.3. The van der Waals surface area contributed by atoms with E-state index < -0.39 is 23.7 Å². The number of carbonyl (C=O) groups is 1. The number of aryl methyl sites for hydroxylation is 2. The molecule has 0 aliphatic carbocycles. The Labute approximate surface area is 200 Å². The molecular formula is C23H27N7O5. The summed E-state index contributed by atoms with van der Waals surface area (Å²) >= 11 is 0. The zero-order valence-electron chi connectivity index (χ0n) is 19.6. The standard InChI is InChI=1S/C23H27N7O5/c1-16-26-19(35-27-16)9-6-10-24-18(31)14-30-22(32)20-21(25-15-28(20)11-12-34-2)29(23(30)33)13-17-7-4-3-5-8-17/h3-5,7-8,15H,6,9-14H2,1-2H3,(H,24,31). The van der Waals surface area contributed by atoms with E-state index in [1.165, 1.54) is 10.9 Å². The van der Waals surface area contributed by atoms with Crippen molar-refractivity contribution in [2.24, 2.45) is 0 Å². The molecule has 0 saturated heterocycles. The van der Waals surface area contributed by atoms with E-state index in [1.807, 2.05) is 30.3 Å². The van der Waals surface area contributed by atoms with Gasteiger partial charge in [-0.25, -0.2) is 14.3 Å². The summed E-state index contributed by atoms with van der Waals surface area (Å²) in [5.41, 5.74) is 0.219. The lowest BCUT2D eigenvalue weighted by atomic mass is 10.2. The highest BCUT2D eigenvalue weighted by Crippen LogP contribution is 2.10. The average molecular weight is 482 g/mol. The smallest absolute Gasteiger partial charge is 0.333 e. The van der Waals surface area contributed by atoms with Crippen molar-refractivity contribution >= 4 is 17.1 Å². The third kappa shape index (κ3) is 5.54. The molecule has 0 saturated carbocycles. The van der Waals surface area contributed by atoms with Gasteiger partial charge in [0.1, 0.15) is 6.54 Å². The fourth-order valence-electron chi connectivity index (χ4n) is 3.75. The molecule has 184 valence electrons. The van der Waals surface area contributed by atoms with E-state index in [1.54, 1.807) is 18.6 Å². The Bertz CT molecular complexity index is 1420. The van der Waals surface area contributed by atoms with Crippen molar-refractivity contribution in [1.82, 2.24) is 34.1 Å². The molecule has 0 aliphatic heterocycles. The zero-order chi connectivity index (χ0) is 24.8. The Balaban J connectivity index is 1.58. The van der Waals surface area contributed by atoms with Gasteiger partial charge in [-0.05, 0) is 18.9 Å². The van der Waals surface area contributed by atoms with Crippen molar-refractivity contribution in [1.29, 1.82) is 0 Å². The van der Waals surface area contributed by atoms with Gasteiger partial charge < -0.3 is 19.1 Å². The van der Waals surface area contributed by atoms with Crippen LogP contribution in [0.5, 0.6) is 0 Å². The molecule has 0 aliphatic rings. The number of aromatic nitrogens is 6. The molecule has 0 spiro atoms. The second kappa shape index (κ2) is 10.9. The maximum atomic E-state index is 13.3. The van der Waals surface area contributed by atoms with Crippen molar-refractivity contribution in [2.75, 3.05) is 20.3 Å². The van der Waals surface area contributed by atoms with Crippen LogP contribution in [0.2, 0.25) is 0 Å². The predicted molar refractivity (Wildman–Crippen MR) is 126 cm³/mol. The molecule has 1 N–H and O–H groups in total. The van der Waals surface area contributed by atoms with Crippen molar-refractivity contribution in [3.8, 4) is 0 Å². The number of methoxy groups -OCH3 is 1. The number of benzene rings is 1. The number of nitrogens with one attached hydrogen (secondary N) is 1. The van der Waals surface area contributed by atoms with Gasteiger partial charge in [-0.1, -0.05) is 35.5 Å². The Morgan fingerprint density at radius 3 is 2.69 bits per heavy atom. The molecule has 12 nitrogen and oxygen atoms in total. The fourth-order valence-corrected chi connectivity index (χ4v) is 3.75. The molecule has 0 atom stereocenters. The Kier molecular flexibility index (Phi) is 7.51. The third-order valence-electron chi connectivity index (χ3n) is 5.46. The number of carbonyl (C=O) groups excluding carboxylic acids is 1. The maximum Gasteiger partial charge on any atom is 0.333 e. The first-order valence-electron chi connectivity index (χ1n) is 11.2. The van der Waals surface area contributed by atoms with Crippen LogP contribution in [0.3, 0.4) is 0 Å². The van der Waals surface area contributed by atoms with Gasteiger partial charge in [0, 0.05) is 26.6 Å². The first-order chi connectivity index (χ1) is 17.0. The lowest BCUT2D eigenvalue weighted by Crippen LogP contribution is -2.44. The van der Waals surface area contributed by atoms with Crippen molar-refractivity contribution < 1.29 is 14.1 Å². The molecule has 0 radical (unpaired) electrons. The monoisotopic (exact) mass is 481 g/mol. The molecule has 3 heterocycles. The molecule has 1 aromatic carbocycles. The van der Waals surface area contributed by atoms with E-state index in [0.29, 0.717) is 44.3 Å². The highest BCUT2D eigenvalue weighted by atomic mass is 16.5. The lowest BCUT2D eigenvalue weighted by Gasteiger charge is -2.13. The molecule has 4 rings (SSSR count). The fraction of sp³-hybridized carbons (Fsp3) is 0.391. The van der Waals surface area contributed by atoms with Crippen molar-refractivity contribution in [3.05, 3.63) is 74.8 Å². The van der Waals surface area contributed by atoms with E-state index in [9.17, 15) is 14.4 Å². The van der Waals surface area contributed by atoms with Gasteiger partial charge in [0.15, 0.2) is 17.0 Å². The van der Waals surface area contributed by atoms with E-state index in [0.717, 1.165) is 10.1 Å². The third-order valence-corrected chi connectivity index (χ3v) is 5.46. The molecule has 1 amide bonds. The lowest BCUT2D eigenvalue weighted by molar-refractivity contribution is -0.121. The number of hydrogen-bond acceptors (Lipinski definition) is 8. The van der Waals surface area contributed by atoms with Crippen LogP contribution in [-0.4, -0.2) is 55.0 Å². The van der Waals surface area contributed by atoms with Crippen LogP contribution in [0.4, 0.5) is 0 Å². The highest BCUT2D eigenvalue weighted by Gasteiger charge is 2.20. The first kappa shape index (κ1) is 24.1. The number of imidazole rings is 1.